The van der Waals surface area contributed by atoms with E-state index in [1.165, 1.54) is 6.42 Å². The maximum atomic E-state index is 9.60. The van der Waals surface area contributed by atoms with Crippen molar-refractivity contribution in [3.63, 3.8) is 0 Å². The van der Waals surface area contributed by atoms with Crippen molar-refractivity contribution in [1.82, 2.24) is 0 Å². The molecule has 3 heteroatoms. The summed E-state index contributed by atoms with van der Waals surface area (Å²) in [6, 6.07) is 0. The molecule has 0 aliphatic rings. The molecule has 74 valence electrons. The van der Waals surface area contributed by atoms with E-state index in [0.717, 1.165) is 19.3 Å². The van der Waals surface area contributed by atoms with Gasteiger partial charge in [-0.3, -0.25) is 4.79 Å². The molecule has 12 heavy (non-hydrogen) atoms. The molecule has 0 aliphatic carbocycles. The standard InChI is InChI=1S/C5H12O.C4H8O2/c1-2-3-4-5-6;1-2-3-4(5)6/h6H,2-5H2,1H3;2-3H2,1H3,(H,5,6). The Labute approximate surface area is 74.4 Å². The Kier molecular flexibility index (Phi) is 15.2. The zero-order chi connectivity index (χ0) is 9.82. The molecule has 0 aromatic heterocycles. The predicted molar refractivity (Wildman–Crippen MR) is 49.2 cm³/mol. The summed E-state index contributed by atoms with van der Waals surface area (Å²) in [6.07, 6.45) is 4.35. The van der Waals surface area contributed by atoms with Crippen LogP contribution in [-0.4, -0.2) is 22.8 Å². The SMILES string of the molecule is CCCC(=O)O.CCCCCO. The van der Waals surface area contributed by atoms with Gasteiger partial charge in [0.1, 0.15) is 0 Å². The molecule has 0 atom stereocenters. The summed E-state index contributed by atoms with van der Waals surface area (Å²) < 4.78 is 0. The van der Waals surface area contributed by atoms with Crippen molar-refractivity contribution in [3.8, 4) is 0 Å². The molecule has 0 bridgehead atoms. The molecule has 0 heterocycles. The molecule has 0 saturated heterocycles. The normalized spacial score (nSPS) is 8.58. The van der Waals surface area contributed by atoms with Gasteiger partial charge >= 0.3 is 5.97 Å². The van der Waals surface area contributed by atoms with Crippen molar-refractivity contribution in [2.75, 3.05) is 6.61 Å². The van der Waals surface area contributed by atoms with Crippen LogP contribution in [0.25, 0.3) is 0 Å². The second-order valence-electron chi connectivity index (χ2n) is 2.57. The van der Waals surface area contributed by atoms with E-state index in [1.54, 1.807) is 0 Å². The minimum atomic E-state index is -0.711. The number of carbonyl (C=O) groups is 1. The lowest BCUT2D eigenvalue weighted by Gasteiger charge is -1.85. The molecule has 0 amide bonds. The second-order valence-corrected chi connectivity index (χ2v) is 2.57. The van der Waals surface area contributed by atoms with E-state index in [-0.39, 0.29) is 0 Å². The number of aliphatic hydroxyl groups is 1. The van der Waals surface area contributed by atoms with Crippen LogP contribution in [0, 0.1) is 0 Å². The predicted octanol–water partition coefficient (Wildman–Crippen LogP) is 2.04. The summed E-state index contributed by atoms with van der Waals surface area (Å²) in [5, 5.41) is 16.1. The van der Waals surface area contributed by atoms with Crippen LogP contribution in [0.15, 0.2) is 0 Å². The zero-order valence-corrected chi connectivity index (χ0v) is 8.05. The highest BCUT2D eigenvalue weighted by Gasteiger charge is 1.87. The van der Waals surface area contributed by atoms with Crippen LogP contribution < -0.4 is 0 Å². The number of carboxylic acids is 1. The smallest absolute Gasteiger partial charge is 0.303 e. The van der Waals surface area contributed by atoms with Crippen LogP contribution in [0.4, 0.5) is 0 Å². The van der Waals surface area contributed by atoms with Crippen molar-refractivity contribution in [3.05, 3.63) is 0 Å². The van der Waals surface area contributed by atoms with Gasteiger partial charge in [-0.1, -0.05) is 26.7 Å². The number of hydrogen-bond donors (Lipinski definition) is 2. The number of carboxylic acid groups (broad SMARTS) is 1. The molecular formula is C9H20O3. The summed E-state index contributed by atoms with van der Waals surface area (Å²) >= 11 is 0. The van der Waals surface area contributed by atoms with Crippen LogP contribution in [-0.2, 0) is 4.79 Å². The number of rotatable bonds is 5. The molecule has 0 aromatic carbocycles. The zero-order valence-electron chi connectivity index (χ0n) is 8.05. The van der Waals surface area contributed by atoms with Crippen LogP contribution in [0.1, 0.15) is 46.0 Å². The minimum Gasteiger partial charge on any atom is -0.481 e. The molecule has 2 N–H and O–H groups in total. The van der Waals surface area contributed by atoms with E-state index < -0.39 is 5.97 Å². The minimum absolute atomic E-state index is 0.292. The van der Waals surface area contributed by atoms with E-state index in [1.807, 2.05) is 6.92 Å². The van der Waals surface area contributed by atoms with Crippen molar-refractivity contribution in [2.24, 2.45) is 0 Å². The quantitative estimate of drug-likeness (QED) is 0.630. The third kappa shape index (κ3) is 22.7. The number of aliphatic hydroxyl groups excluding tert-OH is 1. The Balaban J connectivity index is 0. The first-order valence-corrected chi connectivity index (χ1v) is 4.51. The topological polar surface area (TPSA) is 57.5 Å². The number of hydrogen-bond acceptors (Lipinski definition) is 2. The molecule has 3 nitrogen and oxygen atoms in total. The fourth-order valence-electron chi connectivity index (χ4n) is 0.576. The van der Waals surface area contributed by atoms with Gasteiger partial charge in [0, 0.05) is 13.0 Å². The second kappa shape index (κ2) is 13.1. The van der Waals surface area contributed by atoms with Gasteiger partial charge in [-0.05, 0) is 12.8 Å². The third-order valence-corrected chi connectivity index (χ3v) is 1.23. The fraction of sp³-hybridized carbons (Fsp3) is 0.889. The van der Waals surface area contributed by atoms with Gasteiger partial charge in [0.15, 0.2) is 0 Å². The van der Waals surface area contributed by atoms with Gasteiger partial charge in [0.25, 0.3) is 0 Å². The molecule has 0 aromatic rings. The number of aliphatic carboxylic acids is 1. The van der Waals surface area contributed by atoms with E-state index in [4.69, 9.17) is 10.2 Å². The average molecular weight is 176 g/mol. The Hall–Kier alpha value is -0.570. The summed E-state index contributed by atoms with van der Waals surface area (Å²) in [5.41, 5.74) is 0. The Morgan fingerprint density at radius 3 is 1.83 bits per heavy atom. The monoisotopic (exact) mass is 176 g/mol. The molecule has 0 saturated carbocycles. The van der Waals surface area contributed by atoms with Crippen LogP contribution in [0.3, 0.4) is 0 Å². The van der Waals surface area contributed by atoms with E-state index in [2.05, 4.69) is 6.92 Å². The van der Waals surface area contributed by atoms with Crippen molar-refractivity contribution >= 4 is 5.97 Å². The first kappa shape index (κ1) is 14.0. The maximum absolute atomic E-state index is 9.60. The molecular weight excluding hydrogens is 156 g/mol. The Morgan fingerprint density at radius 2 is 1.75 bits per heavy atom. The molecule has 0 aliphatic heterocycles. The molecule has 0 unspecified atom stereocenters. The lowest BCUT2D eigenvalue weighted by Crippen LogP contribution is -1.90. The highest BCUT2D eigenvalue weighted by atomic mass is 16.4. The van der Waals surface area contributed by atoms with Gasteiger partial charge in [-0.15, -0.1) is 0 Å². The van der Waals surface area contributed by atoms with Crippen LogP contribution in [0.2, 0.25) is 0 Å². The van der Waals surface area contributed by atoms with Gasteiger partial charge in [0.2, 0.25) is 0 Å². The van der Waals surface area contributed by atoms with Crippen molar-refractivity contribution in [2.45, 2.75) is 46.0 Å². The van der Waals surface area contributed by atoms with Crippen LogP contribution >= 0.6 is 0 Å². The lowest BCUT2D eigenvalue weighted by molar-refractivity contribution is -0.137. The Bertz CT molecular complexity index is 87.8. The van der Waals surface area contributed by atoms with Crippen LogP contribution in [0.5, 0.6) is 0 Å². The van der Waals surface area contributed by atoms with Gasteiger partial charge in [-0.25, -0.2) is 0 Å². The fourth-order valence-corrected chi connectivity index (χ4v) is 0.576. The van der Waals surface area contributed by atoms with E-state index in [9.17, 15) is 4.79 Å². The maximum Gasteiger partial charge on any atom is 0.303 e. The summed E-state index contributed by atoms with van der Waals surface area (Å²) in [5.74, 6) is -0.711. The summed E-state index contributed by atoms with van der Waals surface area (Å²) in [4.78, 5) is 9.60. The van der Waals surface area contributed by atoms with Gasteiger partial charge in [-0.2, -0.15) is 0 Å². The lowest BCUT2D eigenvalue weighted by atomic mass is 10.3. The summed E-state index contributed by atoms with van der Waals surface area (Å²) in [6.45, 7) is 4.32. The molecule has 0 radical (unpaired) electrons. The molecule has 0 spiro atoms. The Morgan fingerprint density at radius 1 is 1.17 bits per heavy atom. The first-order chi connectivity index (χ1) is 5.68. The largest absolute Gasteiger partial charge is 0.481 e. The third-order valence-electron chi connectivity index (χ3n) is 1.23. The van der Waals surface area contributed by atoms with Crippen molar-refractivity contribution in [1.29, 1.82) is 0 Å². The van der Waals surface area contributed by atoms with Gasteiger partial charge < -0.3 is 10.2 Å². The highest BCUT2D eigenvalue weighted by molar-refractivity contribution is 5.66. The van der Waals surface area contributed by atoms with Gasteiger partial charge in [0.05, 0.1) is 0 Å². The van der Waals surface area contributed by atoms with E-state index in [0.29, 0.717) is 13.0 Å². The average Bonchev–Trinajstić information content (AvgIpc) is 2.02. The molecule has 0 fully saturated rings. The van der Waals surface area contributed by atoms with Crippen molar-refractivity contribution < 1.29 is 15.0 Å². The summed E-state index contributed by atoms with van der Waals surface area (Å²) in [7, 11) is 0. The number of unbranched alkanes of at least 4 members (excludes halogenated alkanes) is 2. The first-order valence-electron chi connectivity index (χ1n) is 4.51. The van der Waals surface area contributed by atoms with E-state index >= 15 is 0 Å². The highest BCUT2D eigenvalue weighted by Crippen LogP contribution is 1.89. The molecule has 0 rings (SSSR count).